The van der Waals surface area contributed by atoms with Crippen LogP contribution in [0.2, 0.25) is 0 Å². The first-order chi connectivity index (χ1) is 7.56. The zero-order valence-electron chi connectivity index (χ0n) is 9.72. The van der Waals surface area contributed by atoms with Gasteiger partial charge in [0.2, 0.25) is 0 Å². The van der Waals surface area contributed by atoms with E-state index in [0.717, 1.165) is 6.07 Å². The lowest BCUT2D eigenvalue weighted by Crippen LogP contribution is -2.06. The molecule has 0 aromatic heterocycles. The van der Waals surface area contributed by atoms with Crippen molar-refractivity contribution in [2.24, 2.45) is 0 Å². The van der Waals surface area contributed by atoms with Gasteiger partial charge in [-0.25, -0.2) is 8.78 Å². The van der Waals surface area contributed by atoms with Crippen LogP contribution in [-0.4, -0.2) is 20.3 Å². The van der Waals surface area contributed by atoms with Gasteiger partial charge in [-0.2, -0.15) is 0 Å². The van der Waals surface area contributed by atoms with E-state index in [9.17, 15) is 8.78 Å². The Morgan fingerprint density at radius 1 is 1.12 bits per heavy atom. The molecule has 0 saturated carbocycles. The molecule has 0 radical (unpaired) electrons. The van der Waals surface area contributed by atoms with Gasteiger partial charge in [0, 0.05) is 13.2 Å². The normalized spacial score (nSPS) is 10.9. The van der Waals surface area contributed by atoms with Gasteiger partial charge in [-0.3, -0.25) is 0 Å². The fraction of sp³-hybridized carbons (Fsp3) is 0.500. The van der Waals surface area contributed by atoms with Crippen molar-refractivity contribution in [2.45, 2.75) is 19.8 Å². The number of rotatable bonds is 5. The second-order valence-electron chi connectivity index (χ2n) is 3.80. The van der Waals surface area contributed by atoms with Crippen LogP contribution >= 0.6 is 0 Å². The van der Waals surface area contributed by atoms with Crippen LogP contribution in [0.5, 0.6) is 5.75 Å². The minimum Gasteiger partial charge on any atom is -0.488 e. The van der Waals surface area contributed by atoms with E-state index in [1.807, 2.05) is 13.8 Å². The van der Waals surface area contributed by atoms with Crippen LogP contribution < -0.4 is 4.74 Å². The van der Waals surface area contributed by atoms with Crippen LogP contribution in [-0.2, 0) is 4.74 Å². The zero-order chi connectivity index (χ0) is 12.1. The van der Waals surface area contributed by atoms with Crippen molar-refractivity contribution in [3.05, 3.63) is 29.3 Å². The molecule has 0 saturated heterocycles. The minimum atomic E-state index is -0.682. The predicted octanol–water partition coefficient (Wildman–Crippen LogP) is 3.11. The van der Waals surface area contributed by atoms with Crippen molar-refractivity contribution < 1.29 is 18.3 Å². The molecular formula is C12H16F2O2. The average Bonchev–Trinajstić information content (AvgIpc) is 2.21. The molecule has 0 aliphatic carbocycles. The van der Waals surface area contributed by atoms with Gasteiger partial charge < -0.3 is 9.47 Å². The van der Waals surface area contributed by atoms with Crippen LogP contribution in [0, 0.1) is 11.6 Å². The summed E-state index contributed by atoms with van der Waals surface area (Å²) in [4.78, 5) is 0. The quantitative estimate of drug-likeness (QED) is 0.723. The minimum absolute atomic E-state index is 0.00891. The molecular weight excluding hydrogens is 214 g/mol. The third kappa shape index (κ3) is 3.17. The highest BCUT2D eigenvalue weighted by Gasteiger charge is 2.13. The molecule has 4 heteroatoms. The fourth-order valence-corrected chi connectivity index (χ4v) is 1.33. The molecule has 2 nitrogen and oxygen atoms in total. The van der Waals surface area contributed by atoms with E-state index >= 15 is 0 Å². The second-order valence-corrected chi connectivity index (χ2v) is 3.80. The van der Waals surface area contributed by atoms with Gasteiger partial charge in [-0.05, 0) is 17.5 Å². The first-order valence-electron chi connectivity index (χ1n) is 5.17. The van der Waals surface area contributed by atoms with Gasteiger partial charge in [0.1, 0.15) is 12.4 Å². The molecule has 90 valence electrons. The molecule has 0 spiro atoms. The maximum Gasteiger partial charge on any atom is 0.167 e. The summed E-state index contributed by atoms with van der Waals surface area (Å²) >= 11 is 0. The Morgan fingerprint density at radius 3 is 2.38 bits per heavy atom. The smallest absolute Gasteiger partial charge is 0.167 e. The molecule has 16 heavy (non-hydrogen) atoms. The van der Waals surface area contributed by atoms with Gasteiger partial charge in [-0.15, -0.1) is 0 Å². The van der Waals surface area contributed by atoms with E-state index in [1.54, 1.807) is 0 Å². The standard InChI is InChI=1S/C12H16F2O2/c1-8(2)9-6-12(16-5-4-15-3)11(14)7-10(9)13/h6-8H,4-5H2,1-3H3. The monoisotopic (exact) mass is 230 g/mol. The van der Waals surface area contributed by atoms with E-state index < -0.39 is 11.6 Å². The van der Waals surface area contributed by atoms with Crippen molar-refractivity contribution in [1.29, 1.82) is 0 Å². The third-order valence-corrected chi connectivity index (χ3v) is 2.22. The summed E-state index contributed by atoms with van der Waals surface area (Å²) in [6.07, 6.45) is 0. The topological polar surface area (TPSA) is 18.5 Å². The highest BCUT2D eigenvalue weighted by molar-refractivity contribution is 5.33. The van der Waals surface area contributed by atoms with Crippen LogP contribution in [0.25, 0.3) is 0 Å². The molecule has 0 bridgehead atoms. The number of hydrogen-bond donors (Lipinski definition) is 0. The van der Waals surface area contributed by atoms with Crippen LogP contribution in [0.3, 0.4) is 0 Å². The second kappa shape index (κ2) is 5.80. The summed E-state index contributed by atoms with van der Waals surface area (Å²) in [5.41, 5.74) is 0.453. The molecule has 0 atom stereocenters. The molecule has 0 fully saturated rings. The molecule has 0 heterocycles. The Balaban J connectivity index is 2.87. The lowest BCUT2D eigenvalue weighted by molar-refractivity contribution is 0.143. The molecule has 0 N–H and O–H groups in total. The molecule has 1 aromatic rings. The average molecular weight is 230 g/mol. The van der Waals surface area contributed by atoms with Crippen LogP contribution in [0.4, 0.5) is 8.78 Å². The Hall–Kier alpha value is -1.16. The number of methoxy groups -OCH3 is 1. The van der Waals surface area contributed by atoms with E-state index in [1.165, 1.54) is 13.2 Å². The lowest BCUT2D eigenvalue weighted by atomic mass is 10.0. The van der Waals surface area contributed by atoms with Crippen LogP contribution in [0.15, 0.2) is 12.1 Å². The maximum absolute atomic E-state index is 13.3. The highest BCUT2D eigenvalue weighted by atomic mass is 19.1. The van der Waals surface area contributed by atoms with Crippen molar-refractivity contribution >= 4 is 0 Å². The first-order valence-corrected chi connectivity index (χ1v) is 5.17. The van der Waals surface area contributed by atoms with Crippen LogP contribution in [0.1, 0.15) is 25.3 Å². The van der Waals surface area contributed by atoms with Gasteiger partial charge in [0.05, 0.1) is 6.61 Å². The summed E-state index contributed by atoms with van der Waals surface area (Å²) in [6, 6.07) is 2.27. The van der Waals surface area contributed by atoms with E-state index in [2.05, 4.69) is 0 Å². The van der Waals surface area contributed by atoms with Crippen molar-refractivity contribution in [2.75, 3.05) is 20.3 Å². The van der Waals surface area contributed by atoms with Gasteiger partial charge in [0.15, 0.2) is 11.6 Å². The molecule has 0 amide bonds. The molecule has 0 aliphatic rings. The zero-order valence-corrected chi connectivity index (χ0v) is 9.72. The molecule has 0 aliphatic heterocycles. The molecule has 0 unspecified atom stereocenters. The Bertz CT molecular complexity index is 351. The van der Waals surface area contributed by atoms with Gasteiger partial charge in [0.25, 0.3) is 0 Å². The summed E-state index contributed by atoms with van der Waals surface area (Å²) in [5.74, 6) is -1.16. The number of ether oxygens (including phenoxy) is 2. The Labute approximate surface area is 94.2 Å². The maximum atomic E-state index is 13.3. The summed E-state index contributed by atoms with van der Waals surface area (Å²) < 4.78 is 36.6. The van der Waals surface area contributed by atoms with Crippen molar-refractivity contribution in [3.63, 3.8) is 0 Å². The fourth-order valence-electron chi connectivity index (χ4n) is 1.33. The highest BCUT2D eigenvalue weighted by Crippen LogP contribution is 2.26. The first kappa shape index (κ1) is 12.9. The molecule has 1 rings (SSSR count). The SMILES string of the molecule is COCCOc1cc(C(C)C)c(F)cc1F. The van der Waals surface area contributed by atoms with E-state index in [4.69, 9.17) is 9.47 Å². The number of halogens is 2. The Morgan fingerprint density at radius 2 is 1.81 bits per heavy atom. The van der Waals surface area contributed by atoms with Crippen molar-refractivity contribution in [3.8, 4) is 5.75 Å². The van der Waals surface area contributed by atoms with E-state index in [0.29, 0.717) is 12.2 Å². The third-order valence-electron chi connectivity index (χ3n) is 2.22. The van der Waals surface area contributed by atoms with E-state index in [-0.39, 0.29) is 18.3 Å². The summed E-state index contributed by atoms with van der Waals surface area (Å²) in [6.45, 7) is 4.30. The lowest BCUT2D eigenvalue weighted by Gasteiger charge is -2.12. The predicted molar refractivity (Wildman–Crippen MR) is 57.8 cm³/mol. The number of benzene rings is 1. The van der Waals surface area contributed by atoms with Gasteiger partial charge in [-0.1, -0.05) is 13.8 Å². The molecule has 1 aromatic carbocycles. The van der Waals surface area contributed by atoms with Gasteiger partial charge >= 0.3 is 0 Å². The Kier molecular flexibility index (Phi) is 4.68. The largest absolute Gasteiger partial charge is 0.488 e. The number of hydrogen-bond acceptors (Lipinski definition) is 2. The summed E-state index contributed by atoms with van der Waals surface area (Å²) in [7, 11) is 1.53. The summed E-state index contributed by atoms with van der Waals surface area (Å²) in [5, 5.41) is 0. The van der Waals surface area contributed by atoms with Crippen molar-refractivity contribution in [1.82, 2.24) is 0 Å².